The maximum atomic E-state index is 12.4. The van der Waals surface area contributed by atoms with Crippen LogP contribution in [-0.4, -0.2) is 12.5 Å². The maximum absolute atomic E-state index is 12.4. The van der Waals surface area contributed by atoms with Crippen LogP contribution in [0, 0.1) is 18.3 Å². The highest BCUT2D eigenvalue weighted by atomic mass is 32.1. The molecule has 0 spiro atoms. The molecule has 3 nitrogen and oxygen atoms in total. The molecule has 0 aliphatic heterocycles. The van der Waals surface area contributed by atoms with E-state index < -0.39 is 0 Å². The van der Waals surface area contributed by atoms with E-state index in [9.17, 15) is 4.79 Å². The molecule has 0 aliphatic rings. The molecule has 0 bridgehead atoms. The molecule has 1 aromatic heterocycles. The molecule has 2 rings (SSSR count). The monoisotopic (exact) mass is 304 g/mol. The van der Waals surface area contributed by atoms with E-state index in [1.807, 2.05) is 19.1 Å². The highest BCUT2D eigenvalue weighted by molar-refractivity contribution is 7.21. The average Bonchev–Trinajstić information content (AvgIpc) is 2.71. The number of benzene rings is 1. The van der Waals surface area contributed by atoms with Crippen LogP contribution in [0.5, 0.6) is 0 Å². The molecule has 3 N–H and O–H groups in total. The third kappa shape index (κ3) is 3.38. The zero-order chi connectivity index (χ0) is 15.8. The van der Waals surface area contributed by atoms with Crippen LogP contribution in [0.1, 0.15) is 42.9 Å². The van der Waals surface area contributed by atoms with Crippen LogP contribution in [0.2, 0.25) is 0 Å². The van der Waals surface area contributed by atoms with Gasteiger partial charge in [0.05, 0.1) is 5.69 Å². The summed E-state index contributed by atoms with van der Waals surface area (Å²) in [5.74, 6) is 0.335. The first-order valence-electron chi connectivity index (χ1n) is 7.27. The molecule has 0 saturated heterocycles. The molecule has 1 aromatic carbocycles. The molecule has 1 unspecified atom stereocenters. The minimum Gasteiger partial charge on any atom is -0.397 e. The molecule has 1 heterocycles. The zero-order valence-electron chi connectivity index (χ0n) is 13.4. The van der Waals surface area contributed by atoms with Gasteiger partial charge in [0, 0.05) is 16.6 Å². The molecule has 4 heteroatoms. The average molecular weight is 304 g/mol. The lowest BCUT2D eigenvalue weighted by Gasteiger charge is -2.27. The third-order valence-corrected chi connectivity index (χ3v) is 5.30. The summed E-state index contributed by atoms with van der Waals surface area (Å²) in [5.41, 5.74) is 8.08. The maximum Gasteiger partial charge on any atom is 0.263 e. The van der Waals surface area contributed by atoms with Crippen molar-refractivity contribution in [3.8, 4) is 0 Å². The number of carbonyl (C=O) groups excluding carboxylic acids is 1. The molecule has 0 fully saturated rings. The molecule has 1 amide bonds. The van der Waals surface area contributed by atoms with E-state index in [1.54, 1.807) is 0 Å². The third-order valence-electron chi connectivity index (χ3n) is 4.14. The summed E-state index contributed by atoms with van der Waals surface area (Å²) < 4.78 is 1.07. The van der Waals surface area contributed by atoms with Gasteiger partial charge < -0.3 is 11.1 Å². The van der Waals surface area contributed by atoms with Gasteiger partial charge >= 0.3 is 0 Å². The number of nitrogens with two attached hydrogens (primary N) is 1. The van der Waals surface area contributed by atoms with Crippen LogP contribution in [0.3, 0.4) is 0 Å². The van der Waals surface area contributed by atoms with Crippen molar-refractivity contribution in [1.29, 1.82) is 0 Å². The van der Waals surface area contributed by atoms with Crippen molar-refractivity contribution in [2.24, 2.45) is 11.3 Å². The highest BCUT2D eigenvalue weighted by Gasteiger charge is 2.22. The number of rotatable bonds is 3. The Morgan fingerprint density at radius 2 is 2.05 bits per heavy atom. The Hall–Kier alpha value is -1.55. The fourth-order valence-corrected chi connectivity index (χ4v) is 3.16. The number of carbonyl (C=O) groups is 1. The molecule has 21 heavy (non-hydrogen) atoms. The second-order valence-corrected chi connectivity index (χ2v) is 7.87. The Morgan fingerprint density at radius 3 is 2.67 bits per heavy atom. The van der Waals surface area contributed by atoms with Crippen LogP contribution in [0.25, 0.3) is 10.1 Å². The van der Waals surface area contributed by atoms with Crippen molar-refractivity contribution >= 4 is 33.0 Å². The molecule has 114 valence electrons. The number of anilines is 1. The van der Waals surface area contributed by atoms with E-state index in [1.165, 1.54) is 16.9 Å². The molecule has 0 radical (unpaired) electrons. The Labute approximate surface area is 130 Å². The normalized spacial score (nSPS) is 13.4. The molecule has 1 atom stereocenters. The lowest BCUT2D eigenvalue weighted by molar-refractivity contribution is 0.0942. The van der Waals surface area contributed by atoms with Crippen molar-refractivity contribution in [2.75, 3.05) is 12.3 Å². The largest absolute Gasteiger partial charge is 0.397 e. The van der Waals surface area contributed by atoms with Crippen molar-refractivity contribution in [3.63, 3.8) is 0 Å². The summed E-state index contributed by atoms with van der Waals surface area (Å²) in [4.78, 5) is 13.0. The van der Waals surface area contributed by atoms with E-state index in [2.05, 4.69) is 39.1 Å². The van der Waals surface area contributed by atoms with Gasteiger partial charge in [0.15, 0.2) is 0 Å². The molecule has 0 aliphatic carbocycles. The van der Waals surface area contributed by atoms with Gasteiger partial charge in [0.2, 0.25) is 0 Å². The van der Waals surface area contributed by atoms with E-state index in [0.29, 0.717) is 23.0 Å². The topological polar surface area (TPSA) is 55.1 Å². The quantitative estimate of drug-likeness (QED) is 0.892. The van der Waals surface area contributed by atoms with E-state index in [-0.39, 0.29) is 11.3 Å². The van der Waals surface area contributed by atoms with Crippen LogP contribution >= 0.6 is 11.3 Å². The second-order valence-electron chi connectivity index (χ2n) is 6.82. The molecule has 0 saturated carbocycles. The minimum atomic E-state index is -0.0672. The number of nitrogen functional groups attached to an aromatic ring is 1. The number of amides is 1. The number of thiophene rings is 1. The summed E-state index contributed by atoms with van der Waals surface area (Å²) in [6, 6.07) is 6.09. The Bertz CT molecular complexity index is 667. The van der Waals surface area contributed by atoms with Crippen molar-refractivity contribution < 1.29 is 4.79 Å². The van der Waals surface area contributed by atoms with Gasteiger partial charge in [-0.15, -0.1) is 11.3 Å². The molecule has 2 aromatic rings. The predicted molar refractivity (Wildman–Crippen MR) is 91.9 cm³/mol. The summed E-state index contributed by atoms with van der Waals surface area (Å²) in [6.07, 6.45) is 0. The number of hydrogen-bond donors (Lipinski definition) is 2. The van der Waals surface area contributed by atoms with Gasteiger partial charge in [0.25, 0.3) is 5.91 Å². The first kappa shape index (κ1) is 15.8. The number of nitrogens with one attached hydrogen (secondary N) is 1. The van der Waals surface area contributed by atoms with Crippen LogP contribution in [0.15, 0.2) is 18.2 Å². The lowest BCUT2D eigenvalue weighted by atomic mass is 9.82. The first-order chi connectivity index (χ1) is 9.70. The number of fused-ring (bicyclic) bond motifs is 1. The Morgan fingerprint density at radius 1 is 1.38 bits per heavy atom. The van der Waals surface area contributed by atoms with E-state index in [0.717, 1.165) is 10.1 Å². The molecular formula is C17H24N2OS. The minimum absolute atomic E-state index is 0.0672. The lowest BCUT2D eigenvalue weighted by Crippen LogP contribution is -2.33. The van der Waals surface area contributed by atoms with Gasteiger partial charge in [0.1, 0.15) is 4.88 Å². The smallest absolute Gasteiger partial charge is 0.263 e. The van der Waals surface area contributed by atoms with Gasteiger partial charge in [-0.2, -0.15) is 0 Å². The predicted octanol–water partition coefficient (Wildman–Crippen LogP) is 4.20. The summed E-state index contributed by atoms with van der Waals surface area (Å²) >= 11 is 1.47. The van der Waals surface area contributed by atoms with E-state index in [4.69, 9.17) is 5.73 Å². The van der Waals surface area contributed by atoms with Gasteiger partial charge in [-0.25, -0.2) is 0 Å². The fraction of sp³-hybridized carbons (Fsp3) is 0.471. The Kier molecular flexibility index (Phi) is 4.28. The standard InChI is InChI=1S/C17H24N2OS/c1-10-6-7-12-13(8-10)21-15(14(12)18)16(20)19-9-11(2)17(3,4)5/h6-8,11H,9,18H2,1-5H3,(H,19,20). The van der Waals surface area contributed by atoms with Gasteiger partial charge in [-0.3, -0.25) is 4.79 Å². The first-order valence-corrected chi connectivity index (χ1v) is 8.08. The zero-order valence-corrected chi connectivity index (χ0v) is 14.2. The van der Waals surface area contributed by atoms with Crippen LogP contribution in [-0.2, 0) is 0 Å². The van der Waals surface area contributed by atoms with E-state index >= 15 is 0 Å². The number of aryl methyl sites for hydroxylation is 1. The summed E-state index contributed by atoms with van der Waals surface area (Å²) in [6.45, 7) is 11.4. The molecular weight excluding hydrogens is 280 g/mol. The summed E-state index contributed by atoms with van der Waals surface area (Å²) in [7, 11) is 0. The van der Waals surface area contributed by atoms with Gasteiger partial charge in [-0.1, -0.05) is 39.8 Å². The fourth-order valence-electron chi connectivity index (χ4n) is 2.02. The van der Waals surface area contributed by atoms with Crippen LogP contribution < -0.4 is 11.1 Å². The van der Waals surface area contributed by atoms with Crippen molar-refractivity contribution in [3.05, 3.63) is 28.6 Å². The SMILES string of the molecule is Cc1ccc2c(N)c(C(=O)NCC(C)C(C)(C)C)sc2c1. The van der Waals surface area contributed by atoms with Crippen molar-refractivity contribution in [1.82, 2.24) is 5.32 Å². The van der Waals surface area contributed by atoms with Crippen molar-refractivity contribution in [2.45, 2.75) is 34.6 Å². The number of hydrogen-bond acceptors (Lipinski definition) is 3. The van der Waals surface area contributed by atoms with Crippen LogP contribution in [0.4, 0.5) is 5.69 Å². The van der Waals surface area contributed by atoms with Gasteiger partial charge in [-0.05, 0) is 29.9 Å². The summed E-state index contributed by atoms with van der Waals surface area (Å²) in [5, 5.41) is 3.99. The Balaban J connectivity index is 2.18. The highest BCUT2D eigenvalue weighted by Crippen LogP contribution is 2.34. The second kappa shape index (κ2) is 5.68.